The van der Waals surface area contributed by atoms with E-state index >= 15 is 0 Å². The van der Waals surface area contributed by atoms with E-state index < -0.39 is 0 Å². The maximum absolute atomic E-state index is 6.09. The van der Waals surface area contributed by atoms with Crippen LogP contribution in [0.15, 0.2) is 46.0 Å². The van der Waals surface area contributed by atoms with Gasteiger partial charge in [0.25, 0.3) is 0 Å². The van der Waals surface area contributed by atoms with Gasteiger partial charge in [-0.3, -0.25) is 4.99 Å². The van der Waals surface area contributed by atoms with Gasteiger partial charge in [0.1, 0.15) is 11.5 Å². The fourth-order valence-corrected chi connectivity index (χ4v) is 2.85. The highest BCUT2D eigenvalue weighted by atomic mass is 16.5. The van der Waals surface area contributed by atoms with E-state index in [0.717, 1.165) is 42.7 Å². The van der Waals surface area contributed by atoms with Crippen molar-refractivity contribution in [2.24, 2.45) is 10.9 Å². The number of furan rings is 1. The number of aliphatic imine (C=N–C) groups is 1. The summed E-state index contributed by atoms with van der Waals surface area (Å²) in [5.41, 5.74) is 2.29. The van der Waals surface area contributed by atoms with E-state index in [1.807, 2.05) is 12.1 Å². The molecule has 3 rings (SSSR count). The molecule has 0 aliphatic carbocycles. The quantitative estimate of drug-likeness (QED) is 0.589. The number of nitrogens with zero attached hydrogens (tertiary/aromatic N) is 1. The van der Waals surface area contributed by atoms with Crippen molar-refractivity contribution in [3.8, 4) is 5.75 Å². The Kier molecular flexibility index (Phi) is 6.55. The number of hydrogen-bond acceptors (Lipinski definition) is 4. The van der Waals surface area contributed by atoms with Crippen molar-refractivity contribution in [3.05, 3.63) is 53.5 Å². The van der Waals surface area contributed by atoms with Gasteiger partial charge in [0.15, 0.2) is 5.96 Å². The summed E-state index contributed by atoms with van der Waals surface area (Å²) in [4.78, 5) is 4.25. The van der Waals surface area contributed by atoms with Gasteiger partial charge in [-0.2, -0.15) is 0 Å². The number of ether oxygens (including phenoxy) is 2. The molecule has 1 aliphatic rings. The van der Waals surface area contributed by atoms with Crippen molar-refractivity contribution in [1.82, 2.24) is 10.6 Å². The number of rotatable bonds is 7. The van der Waals surface area contributed by atoms with Crippen LogP contribution in [0.3, 0.4) is 0 Å². The van der Waals surface area contributed by atoms with Crippen LogP contribution in [0.4, 0.5) is 0 Å². The molecule has 1 aromatic heterocycles. The lowest BCUT2D eigenvalue weighted by Crippen LogP contribution is -2.36. The van der Waals surface area contributed by atoms with Crippen LogP contribution in [-0.2, 0) is 17.8 Å². The molecule has 0 spiro atoms. The summed E-state index contributed by atoms with van der Waals surface area (Å²) >= 11 is 0. The minimum atomic E-state index is 0.485. The van der Waals surface area contributed by atoms with E-state index in [9.17, 15) is 0 Å². The molecule has 1 fully saturated rings. The highest BCUT2D eigenvalue weighted by Crippen LogP contribution is 2.22. The fraction of sp³-hybridized carbons (Fsp3) is 0.450. The predicted molar refractivity (Wildman–Crippen MR) is 101 cm³/mol. The number of nitrogens with one attached hydrogen (secondary N) is 2. The van der Waals surface area contributed by atoms with Crippen molar-refractivity contribution < 1.29 is 13.9 Å². The Labute approximate surface area is 154 Å². The lowest BCUT2D eigenvalue weighted by molar-refractivity contribution is 0.166. The molecule has 0 radical (unpaired) electrons. The van der Waals surface area contributed by atoms with E-state index in [1.165, 1.54) is 5.56 Å². The molecule has 0 amide bonds. The van der Waals surface area contributed by atoms with Gasteiger partial charge in [-0.1, -0.05) is 12.1 Å². The van der Waals surface area contributed by atoms with Crippen LogP contribution in [0, 0.1) is 12.8 Å². The Bertz CT molecular complexity index is 707. The van der Waals surface area contributed by atoms with Crippen molar-refractivity contribution >= 4 is 5.96 Å². The second-order valence-electron chi connectivity index (χ2n) is 6.51. The average Bonchev–Trinajstić information content (AvgIpc) is 3.35. The molecule has 140 valence electrons. The largest absolute Gasteiger partial charge is 0.493 e. The molecule has 6 nitrogen and oxygen atoms in total. The normalized spacial score (nSPS) is 17.3. The first-order chi connectivity index (χ1) is 12.7. The maximum atomic E-state index is 6.09. The first-order valence-electron chi connectivity index (χ1n) is 9.01. The molecule has 26 heavy (non-hydrogen) atoms. The summed E-state index contributed by atoms with van der Waals surface area (Å²) in [6.07, 6.45) is 2.74. The summed E-state index contributed by atoms with van der Waals surface area (Å²) in [6.45, 7) is 5.63. The Morgan fingerprint density at radius 1 is 1.27 bits per heavy atom. The van der Waals surface area contributed by atoms with Crippen molar-refractivity contribution in [2.45, 2.75) is 26.4 Å². The van der Waals surface area contributed by atoms with Crippen molar-refractivity contribution in [2.75, 3.05) is 26.9 Å². The Balaban J connectivity index is 1.55. The number of aryl methyl sites for hydroxylation is 1. The Morgan fingerprint density at radius 2 is 2.15 bits per heavy atom. The maximum Gasteiger partial charge on any atom is 0.191 e. The van der Waals surface area contributed by atoms with E-state index in [1.54, 1.807) is 13.3 Å². The number of guanidine groups is 1. The molecule has 2 heterocycles. The van der Waals surface area contributed by atoms with E-state index in [4.69, 9.17) is 13.9 Å². The molecule has 0 saturated carbocycles. The second-order valence-corrected chi connectivity index (χ2v) is 6.51. The zero-order valence-electron chi connectivity index (χ0n) is 15.5. The van der Waals surface area contributed by atoms with Crippen molar-refractivity contribution in [3.63, 3.8) is 0 Å². The van der Waals surface area contributed by atoms with Crippen LogP contribution in [0.2, 0.25) is 0 Å². The molecular weight excluding hydrogens is 330 g/mol. The number of benzene rings is 1. The third kappa shape index (κ3) is 5.26. The molecule has 1 saturated heterocycles. The van der Waals surface area contributed by atoms with Gasteiger partial charge in [-0.25, -0.2) is 0 Å². The zero-order chi connectivity index (χ0) is 18.2. The molecule has 2 N–H and O–H groups in total. The third-order valence-corrected chi connectivity index (χ3v) is 4.40. The molecule has 1 aromatic carbocycles. The fourth-order valence-electron chi connectivity index (χ4n) is 2.85. The van der Waals surface area contributed by atoms with Crippen LogP contribution in [0.25, 0.3) is 0 Å². The molecule has 1 atom stereocenters. The summed E-state index contributed by atoms with van der Waals surface area (Å²) < 4.78 is 16.8. The van der Waals surface area contributed by atoms with Crippen LogP contribution >= 0.6 is 0 Å². The summed E-state index contributed by atoms with van der Waals surface area (Å²) in [5.74, 6) is 2.99. The van der Waals surface area contributed by atoms with Gasteiger partial charge in [-0.15, -0.1) is 0 Å². The van der Waals surface area contributed by atoms with E-state index in [2.05, 4.69) is 40.7 Å². The van der Waals surface area contributed by atoms with Gasteiger partial charge in [0.05, 0.1) is 26.0 Å². The highest BCUT2D eigenvalue weighted by Gasteiger charge is 2.17. The van der Waals surface area contributed by atoms with Gasteiger partial charge in [0, 0.05) is 31.7 Å². The summed E-state index contributed by atoms with van der Waals surface area (Å²) in [6, 6.07) is 10.1. The Hall–Kier alpha value is -2.47. The van der Waals surface area contributed by atoms with Crippen LogP contribution in [0.5, 0.6) is 5.75 Å². The van der Waals surface area contributed by atoms with Gasteiger partial charge in [-0.05, 0) is 37.1 Å². The van der Waals surface area contributed by atoms with Crippen LogP contribution in [0.1, 0.15) is 23.3 Å². The smallest absolute Gasteiger partial charge is 0.191 e. The molecule has 2 aromatic rings. The van der Waals surface area contributed by atoms with Gasteiger partial charge >= 0.3 is 0 Å². The second kappa shape index (κ2) is 9.29. The predicted octanol–water partition coefficient (Wildman–Crippen LogP) is 2.87. The minimum Gasteiger partial charge on any atom is -0.493 e. The van der Waals surface area contributed by atoms with E-state index in [-0.39, 0.29) is 0 Å². The zero-order valence-corrected chi connectivity index (χ0v) is 15.5. The summed E-state index contributed by atoms with van der Waals surface area (Å²) in [5, 5.41) is 6.57. The standard InChI is InChI=1S/C20H27N3O3/c1-15-5-6-17(19(10-15)26-14-16-7-9-24-13-16)11-22-20(21-2)23-12-18-4-3-8-25-18/h3-6,8,10,16H,7,9,11-14H2,1-2H3,(H2,21,22,23). The SMILES string of the molecule is CN=C(NCc1ccco1)NCc1ccc(C)cc1OCC1CCOC1. The first-order valence-corrected chi connectivity index (χ1v) is 9.01. The topological polar surface area (TPSA) is 68.0 Å². The lowest BCUT2D eigenvalue weighted by Gasteiger charge is -2.16. The van der Waals surface area contributed by atoms with Crippen LogP contribution < -0.4 is 15.4 Å². The van der Waals surface area contributed by atoms with Gasteiger partial charge < -0.3 is 24.5 Å². The monoisotopic (exact) mass is 357 g/mol. The van der Waals surface area contributed by atoms with Crippen LogP contribution in [-0.4, -0.2) is 32.8 Å². The molecule has 1 aliphatic heterocycles. The van der Waals surface area contributed by atoms with Crippen molar-refractivity contribution in [1.29, 1.82) is 0 Å². The van der Waals surface area contributed by atoms with E-state index in [0.29, 0.717) is 25.6 Å². The molecular formula is C20H27N3O3. The molecule has 0 bridgehead atoms. The third-order valence-electron chi connectivity index (χ3n) is 4.40. The minimum absolute atomic E-state index is 0.485. The summed E-state index contributed by atoms with van der Waals surface area (Å²) in [7, 11) is 1.75. The van der Waals surface area contributed by atoms with Gasteiger partial charge in [0.2, 0.25) is 0 Å². The Morgan fingerprint density at radius 3 is 2.88 bits per heavy atom. The first kappa shape index (κ1) is 18.3. The average molecular weight is 357 g/mol. The highest BCUT2D eigenvalue weighted by molar-refractivity contribution is 5.79. The lowest BCUT2D eigenvalue weighted by atomic mass is 10.1. The number of hydrogen-bond donors (Lipinski definition) is 2. The molecule has 1 unspecified atom stereocenters. The molecule has 6 heteroatoms.